The number of hydrogen-bond donors (Lipinski definition) is 1. The third kappa shape index (κ3) is 3.09. The average molecular weight is 301 g/mol. The molecule has 0 spiro atoms. The molecule has 0 fully saturated rings. The van der Waals surface area contributed by atoms with E-state index in [1.54, 1.807) is 0 Å². The van der Waals surface area contributed by atoms with Crippen LogP contribution in [0.5, 0.6) is 0 Å². The van der Waals surface area contributed by atoms with E-state index in [1.807, 2.05) is 6.26 Å². The largest absolute Gasteiger partial charge is 0.383 e. The Labute approximate surface area is 114 Å². The Bertz CT molecular complexity index is 588. The van der Waals surface area contributed by atoms with E-state index >= 15 is 0 Å². The van der Waals surface area contributed by atoms with Crippen molar-refractivity contribution in [1.29, 1.82) is 0 Å². The van der Waals surface area contributed by atoms with Crippen LogP contribution < -0.4 is 5.73 Å². The van der Waals surface area contributed by atoms with Crippen LogP contribution in [0.25, 0.3) is 0 Å². The van der Waals surface area contributed by atoms with Crippen LogP contribution in [0.3, 0.4) is 0 Å². The molecule has 2 rings (SSSR count). The topological polar surface area (TPSA) is 108 Å². The van der Waals surface area contributed by atoms with Crippen LogP contribution in [0.2, 0.25) is 0 Å². The number of nitrogens with zero attached hydrogens (tertiary/aromatic N) is 4. The molecule has 0 aliphatic heterocycles. The van der Waals surface area contributed by atoms with Crippen LogP contribution in [0, 0.1) is 10.1 Å². The summed E-state index contributed by atoms with van der Waals surface area (Å²) in [7, 11) is 0. The first-order valence-electron chi connectivity index (χ1n) is 4.56. The summed E-state index contributed by atoms with van der Waals surface area (Å²) in [5, 5.41) is 19.0. The normalized spacial score (nSPS) is 10.5. The quantitative estimate of drug-likeness (QED) is 0.520. The van der Waals surface area contributed by atoms with Crippen LogP contribution in [0.1, 0.15) is 0 Å². The van der Waals surface area contributed by atoms with Gasteiger partial charge in [0.1, 0.15) is 10.8 Å². The number of nitro groups is 1. The molecule has 0 aliphatic rings. The summed E-state index contributed by atoms with van der Waals surface area (Å²) in [6.45, 7) is 0. The van der Waals surface area contributed by atoms with Crippen molar-refractivity contribution in [3.63, 3.8) is 0 Å². The van der Waals surface area contributed by atoms with E-state index in [0.717, 1.165) is 4.34 Å². The lowest BCUT2D eigenvalue weighted by atomic mass is 10.4. The third-order valence-electron chi connectivity index (χ3n) is 1.77. The molecule has 0 amide bonds. The first-order chi connectivity index (χ1) is 8.58. The molecular weight excluding hydrogens is 294 g/mol. The molecule has 10 heteroatoms. The molecule has 0 saturated heterocycles. The fraction of sp³-hybridized carbons (Fsp3) is 0.125. The minimum atomic E-state index is -0.504. The highest BCUT2D eigenvalue weighted by molar-refractivity contribution is 8.02. The van der Waals surface area contributed by atoms with E-state index in [-0.39, 0.29) is 11.5 Å². The predicted octanol–water partition coefficient (Wildman–Crippen LogP) is 2.30. The van der Waals surface area contributed by atoms with E-state index < -0.39 is 4.92 Å². The summed E-state index contributed by atoms with van der Waals surface area (Å²) in [5.41, 5.74) is 5.43. The number of pyridine rings is 1. The zero-order valence-electron chi connectivity index (χ0n) is 9.06. The second-order valence-corrected chi connectivity index (χ2v) is 6.28. The number of hydrogen-bond acceptors (Lipinski definition) is 9. The van der Waals surface area contributed by atoms with Crippen molar-refractivity contribution in [2.24, 2.45) is 0 Å². The Morgan fingerprint density at radius 2 is 2.11 bits per heavy atom. The van der Waals surface area contributed by atoms with Crippen molar-refractivity contribution in [3.05, 3.63) is 22.2 Å². The van der Waals surface area contributed by atoms with Crippen molar-refractivity contribution >= 4 is 46.4 Å². The predicted molar refractivity (Wildman–Crippen MR) is 71.1 cm³/mol. The van der Waals surface area contributed by atoms with Crippen LogP contribution in [-0.2, 0) is 0 Å². The lowest BCUT2D eigenvalue weighted by molar-refractivity contribution is -0.385. The van der Waals surface area contributed by atoms with E-state index in [4.69, 9.17) is 5.73 Å². The number of anilines is 1. The van der Waals surface area contributed by atoms with Gasteiger partial charge in [-0.25, -0.2) is 4.98 Å². The summed E-state index contributed by atoms with van der Waals surface area (Å²) in [6, 6.07) is 2.58. The molecule has 2 aromatic heterocycles. The van der Waals surface area contributed by atoms with E-state index in [1.165, 1.54) is 47.0 Å². The Morgan fingerprint density at radius 1 is 1.39 bits per heavy atom. The van der Waals surface area contributed by atoms with Crippen molar-refractivity contribution in [1.82, 2.24) is 15.2 Å². The number of rotatable bonds is 4. The Morgan fingerprint density at radius 3 is 2.72 bits per heavy atom. The Balaban J connectivity index is 2.25. The lowest BCUT2D eigenvalue weighted by Gasteiger charge is -1.98. The van der Waals surface area contributed by atoms with Crippen LogP contribution in [-0.4, -0.2) is 26.4 Å². The maximum atomic E-state index is 10.7. The molecular formula is C8H7N5O2S3. The summed E-state index contributed by atoms with van der Waals surface area (Å²) >= 11 is 4.10. The van der Waals surface area contributed by atoms with Gasteiger partial charge in [0.25, 0.3) is 5.69 Å². The minimum absolute atomic E-state index is 0.0837. The molecule has 0 radical (unpaired) electrons. The number of thioether (sulfide) groups is 1. The van der Waals surface area contributed by atoms with Crippen LogP contribution in [0.4, 0.5) is 11.5 Å². The van der Waals surface area contributed by atoms with Gasteiger partial charge in [-0.05, 0) is 18.0 Å². The number of aromatic nitrogens is 3. The summed E-state index contributed by atoms with van der Waals surface area (Å²) < 4.78 is 1.50. The van der Waals surface area contributed by atoms with Crippen molar-refractivity contribution in [2.75, 3.05) is 12.0 Å². The molecule has 2 N–H and O–H groups in total. The number of nitrogens with two attached hydrogens (primary N) is 1. The van der Waals surface area contributed by atoms with Gasteiger partial charge in [-0.3, -0.25) is 10.1 Å². The molecule has 94 valence electrons. The fourth-order valence-corrected chi connectivity index (χ4v) is 3.49. The highest BCUT2D eigenvalue weighted by Crippen LogP contribution is 2.33. The molecule has 0 bridgehead atoms. The highest BCUT2D eigenvalue weighted by atomic mass is 32.2. The van der Waals surface area contributed by atoms with Crippen molar-refractivity contribution in [2.45, 2.75) is 13.7 Å². The summed E-state index contributed by atoms with van der Waals surface area (Å²) in [6.07, 6.45) is 1.90. The van der Waals surface area contributed by atoms with Gasteiger partial charge < -0.3 is 5.73 Å². The zero-order chi connectivity index (χ0) is 13.1. The Kier molecular flexibility index (Phi) is 3.99. The first kappa shape index (κ1) is 13.1. The van der Waals surface area contributed by atoms with Gasteiger partial charge in [-0.2, -0.15) is 0 Å². The highest BCUT2D eigenvalue weighted by Gasteiger charge is 2.12. The molecule has 2 heterocycles. The fourth-order valence-electron chi connectivity index (χ4n) is 1.08. The Hall–Kier alpha value is -1.39. The maximum absolute atomic E-state index is 10.7. The van der Waals surface area contributed by atoms with Gasteiger partial charge in [0.05, 0.1) is 11.0 Å². The van der Waals surface area contributed by atoms with E-state index in [0.29, 0.717) is 9.37 Å². The average Bonchev–Trinajstić information content (AvgIpc) is 2.76. The second-order valence-electron chi connectivity index (χ2n) is 2.99. The van der Waals surface area contributed by atoms with Crippen LogP contribution in [0.15, 0.2) is 25.8 Å². The summed E-state index contributed by atoms with van der Waals surface area (Å²) in [4.78, 5) is 14.2. The van der Waals surface area contributed by atoms with Gasteiger partial charge in [0.15, 0.2) is 8.68 Å². The molecule has 2 aromatic rings. The molecule has 0 unspecified atom stereocenters. The van der Waals surface area contributed by atoms with Crippen molar-refractivity contribution in [3.8, 4) is 0 Å². The van der Waals surface area contributed by atoms with Crippen LogP contribution >= 0.6 is 34.9 Å². The van der Waals surface area contributed by atoms with Gasteiger partial charge >= 0.3 is 0 Å². The van der Waals surface area contributed by atoms with Gasteiger partial charge in [-0.15, -0.1) is 10.2 Å². The molecule has 18 heavy (non-hydrogen) atoms. The SMILES string of the molecule is CSc1nnc(Sc2cc([N+](=O)[O-])cc(N)n2)s1. The molecule has 7 nitrogen and oxygen atoms in total. The lowest BCUT2D eigenvalue weighted by Crippen LogP contribution is -1.95. The second kappa shape index (κ2) is 5.50. The maximum Gasteiger partial charge on any atom is 0.275 e. The van der Waals surface area contributed by atoms with Gasteiger partial charge in [0, 0.05) is 6.07 Å². The minimum Gasteiger partial charge on any atom is -0.383 e. The third-order valence-corrected chi connectivity index (χ3v) is 4.64. The molecule has 0 aliphatic carbocycles. The van der Waals surface area contributed by atoms with E-state index in [9.17, 15) is 10.1 Å². The molecule has 0 aromatic carbocycles. The smallest absolute Gasteiger partial charge is 0.275 e. The first-order valence-corrected chi connectivity index (χ1v) is 7.41. The number of nitrogen functional groups attached to an aromatic ring is 1. The standard InChI is InChI=1S/C8H7N5O2S3/c1-16-7-11-12-8(18-7)17-6-3-4(13(14)15)2-5(9)10-6/h2-3H,1H3,(H2,9,10). The molecule has 0 saturated carbocycles. The van der Waals surface area contributed by atoms with E-state index in [2.05, 4.69) is 15.2 Å². The van der Waals surface area contributed by atoms with Gasteiger partial charge in [0.2, 0.25) is 0 Å². The summed E-state index contributed by atoms with van der Waals surface area (Å²) in [5.74, 6) is 0.112. The molecule has 0 atom stereocenters. The van der Waals surface area contributed by atoms with Crippen molar-refractivity contribution < 1.29 is 4.92 Å². The zero-order valence-corrected chi connectivity index (χ0v) is 11.5. The van der Waals surface area contributed by atoms with Gasteiger partial charge in [-0.1, -0.05) is 23.1 Å². The monoisotopic (exact) mass is 301 g/mol.